The summed E-state index contributed by atoms with van der Waals surface area (Å²) in [5.41, 5.74) is 4.69. The summed E-state index contributed by atoms with van der Waals surface area (Å²) in [4.78, 5) is 7.45. The van der Waals surface area contributed by atoms with Crippen LogP contribution in [0.2, 0.25) is 0 Å². The lowest BCUT2D eigenvalue weighted by Crippen LogP contribution is -2.03. The number of tetrazole rings is 1. The Bertz CT molecular complexity index is 1230. The van der Waals surface area contributed by atoms with Crippen LogP contribution in [0.4, 0.5) is 0 Å². The highest BCUT2D eigenvalue weighted by molar-refractivity contribution is 7.99. The molecule has 2 aromatic heterocycles. The van der Waals surface area contributed by atoms with E-state index in [4.69, 9.17) is 0 Å². The molecule has 8 nitrogen and oxygen atoms in total. The maximum absolute atomic E-state index is 10.5. The minimum absolute atomic E-state index is 0.0910. The molecule has 0 saturated carbocycles. The fourth-order valence-electron chi connectivity index (χ4n) is 2.99. The minimum atomic E-state index is -0.0910. The normalized spacial score (nSPS) is 12.0. The predicted molar refractivity (Wildman–Crippen MR) is 111 cm³/mol. The van der Waals surface area contributed by atoms with E-state index in [0.29, 0.717) is 11.0 Å². The van der Waals surface area contributed by atoms with Crippen molar-refractivity contribution in [3.05, 3.63) is 65.2 Å². The zero-order valence-corrected chi connectivity index (χ0v) is 16.6. The maximum Gasteiger partial charge on any atom is 0.214 e. The van der Waals surface area contributed by atoms with E-state index in [1.165, 1.54) is 11.8 Å². The molecule has 0 amide bonds. The Labute approximate surface area is 170 Å². The van der Waals surface area contributed by atoms with Gasteiger partial charge in [0.15, 0.2) is 5.82 Å². The van der Waals surface area contributed by atoms with E-state index in [1.54, 1.807) is 4.68 Å². The van der Waals surface area contributed by atoms with E-state index in [2.05, 4.69) is 31.6 Å². The lowest BCUT2D eigenvalue weighted by Gasteiger charge is -2.08. The second-order valence-electron chi connectivity index (χ2n) is 6.49. The van der Waals surface area contributed by atoms with Crippen LogP contribution < -0.4 is 0 Å². The summed E-state index contributed by atoms with van der Waals surface area (Å²) >= 11 is 1.24. The number of nitrogens with one attached hydrogen (secondary N) is 1. The van der Waals surface area contributed by atoms with Gasteiger partial charge in [-0.25, -0.2) is 4.98 Å². The van der Waals surface area contributed by atoms with Gasteiger partial charge in [0, 0.05) is 0 Å². The number of rotatable bonds is 5. The molecule has 0 aliphatic heterocycles. The molecule has 4 rings (SSSR count). The van der Waals surface area contributed by atoms with Crippen molar-refractivity contribution in [1.29, 1.82) is 5.26 Å². The predicted octanol–water partition coefficient (Wildman–Crippen LogP) is 3.74. The highest BCUT2D eigenvalue weighted by Crippen LogP contribution is 2.25. The SMILES string of the molecule is Cc1ccc(-n2nnnc2SC/C(O)=C(\C#N)c2nc3ccccc3[nH]2)c(C)c1. The fraction of sp³-hybridized carbons (Fsp3) is 0.150. The van der Waals surface area contributed by atoms with Gasteiger partial charge >= 0.3 is 0 Å². The van der Waals surface area contributed by atoms with E-state index >= 15 is 0 Å². The Kier molecular flexibility index (Phi) is 5.01. The molecule has 2 N–H and O–H groups in total. The molecule has 0 aliphatic rings. The number of fused-ring (bicyclic) bond motifs is 1. The first-order valence-electron chi connectivity index (χ1n) is 8.83. The van der Waals surface area contributed by atoms with Crippen LogP contribution in [0.1, 0.15) is 17.0 Å². The third kappa shape index (κ3) is 3.70. The van der Waals surface area contributed by atoms with Crippen molar-refractivity contribution in [2.75, 3.05) is 5.75 Å². The lowest BCUT2D eigenvalue weighted by molar-refractivity contribution is 0.420. The summed E-state index contributed by atoms with van der Waals surface area (Å²) in [6, 6.07) is 15.5. The molecule has 9 heteroatoms. The van der Waals surface area contributed by atoms with Gasteiger partial charge in [0.25, 0.3) is 0 Å². The molecule has 0 saturated heterocycles. The number of aryl methyl sites for hydroxylation is 2. The molecule has 0 bridgehead atoms. The molecular formula is C20H17N7OS. The molecule has 0 radical (unpaired) electrons. The molecule has 0 fully saturated rings. The number of nitrogens with zero attached hydrogens (tertiary/aromatic N) is 6. The molecule has 2 heterocycles. The van der Waals surface area contributed by atoms with Crippen LogP contribution in [-0.4, -0.2) is 41.0 Å². The topological polar surface area (TPSA) is 116 Å². The van der Waals surface area contributed by atoms with Gasteiger partial charge in [-0.05, 0) is 48.0 Å². The summed E-state index contributed by atoms with van der Waals surface area (Å²) in [6.07, 6.45) is 0. The second-order valence-corrected chi connectivity index (χ2v) is 7.43. The van der Waals surface area contributed by atoms with Gasteiger partial charge in [0.05, 0.1) is 22.5 Å². The lowest BCUT2D eigenvalue weighted by atomic mass is 10.1. The molecular weight excluding hydrogens is 386 g/mol. The van der Waals surface area contributed by atoms with E-state index < -0.39 is 0 Å². The summed E-state index contributed by atoms with van der Waals surface area (Å²) in [6.45, 7) is 4.02. The van der Waals surface area contributed by atoms with Gasteiger partial charge in [-0.3, -0.25) is 0 Å². The van der Waals surface area contributed by atoms with Crippen LogP contribution in [0.15, 0.2) is 53.4 Å². The number of imidazole rings is 1. The molecule has 29 heavy (non-hydrogen) atoms. The zero-order valence-electron chi connectivity index (χ0n) is 15.8. The molecule has 4 aromatic rings. The van der Waals surface area contributed by atoms with E-state index in [9.17, 15) is 10.4 Å². The van der Waals surface area contributed by atoms with E-state index in [0.717, 1.165) is 27.8 Å². The van der Waals surface area contributed by atoms with Crippen LogP contribution in [-0.2, 0) is 0 Å². The van der Waals surface area contributed by atoms with Crippen molar-refractivity contribution in [3.8, 4) is 11.8 Å². The summed E-state index contributed by atoms with van der Waals surface area (Å²) in [5.74, 6) is 0.373. The van der Waals surface area contributed by atoms with Crippen molar-refractivity contribution in [1.82, 2.24) is 30.2 Å². The Hall–Kier alpha value is -3.64. The van der Waals surface area contributed by atoms with Gasteiger partial charge < -0.3 is 10.1 Å². The molecule has 144 valence electrons. The highest BCUT2D eigenvalue weighted by atomic mass is 32.2. The molecule has 0 unspecified atom stereocenters. The highest BCUT2D eigenvalue weighted by Gasteiger charge is 2.16. The van der Waals surface area contributed by atoms with Crippen molar-refractivity contribution in [3.63, 3.8) is 0 Å². The van der Waals surface area contributed by atoms with Gasteiger partial charge in [-0.1, -0.05) is 41.6 Å². The maximum atomic E-state index is 10.5. The smallest absolute Gasteiger partial charge is 0.214 e. The summed E-state index contributed by atoms with van der Waals surface area (Å²) in [7, 11) is 0. The number of para-hydroxylation sites is 2. The van der Waals surface area contributed by atoms with Crippen molar-refractivity contribution in [2.24, 2.45) is 0 Å². The largest absolute Gasteiger partial charge is 0.510 e. The van der Waals surface area contributed by atoms with Gasteiger partial charge in [-0.15, -0.1) is 5.10 Å². The third-order valence-corrected chi connectivity index (χ3v) is 5.32. The van der Waals surface area contributed by atoms with Crippen molar-refractivity contribution in [2.45, 2.75) is 19.0 Å². The number of allylic oxidation sites excluding steroid dienone is 1. The average molecular weight is 403 g/mol. The first-order valence-corrected chi connectivity index (χ1v) is 9.81. The Morgan fingerprint density at radius 3 is 2.83 bits per heavy atom. The minimum Gasteiger partial charge on any atom is -0.510 e. The van der Waals surface area contributed by atoms with Gasteiger partial charge in [0.1, 0.15) is 17.4 Å². The summed E-state index contributed by atoms with van der Waals surface area (Å²) in [5, 5.41) is 32.5. The van der Waals surface area contributed by atoms with Crippen LogP contribution in [0, 0.1) is 25.2 Å². The van der Waals surface area contributed by atoms with Crippen LogP contribution in [0.25, 0.3) is 22.3 Å². The standard InChI is InChI=1S/C20H17N7OS/c1-12-7-8-17(13(2)9-12)27-20(24-25-26-27)29-11-18(28)14(10-21)19-22-15-5-3-4-6-16(15)23-19/h3-9,28H,11H2,1-2H3,(H,22,23)/b18-14-. The first kappa shape index (κ1) is 18.7. The summed E-state index contributed by atoms with van der Waals surface area (Å²) < 4.78 is 1.62. The quantitative estimate of drug-likeness (QED) is 0.296. The van der Waals surface area contributed by atoms with Crippen LogP contribution in [0.3, 0.4) is 0 Å². The number of H-pyrrole nitrogens is 1. The van der Waals surface area contributed by atoms with E-state index in [1.807, 2.05) is 56.3 Å². The van der Waals surface area contributed by atoms with E-state index in [-0.39, 0.29) is 17.1 Å². The number of hydrogen-bond acceptors (Lipinski definition) is 7. The fourth-order valence-corrected chi connectivity index (χ4v) is 3.76. The molecule has 0 atom stereocenters. The Balaban J connectivity index is 1.60. The van der Waals surface area contributed by atoms with Crippen molar-refractivity contribution < 1.29 is 5.11 Å². The third-order valence-electron chi connectivity index (χ3n) is 4.39. The van der Waals surface area contributed by atoms with Gasteiger partial charge in [-0.2, -0.15) is 9.94 Å². The van der Waals surface area contributed by atoms with Crippen LogP contribution >= 0.6 is 11.8 Å². The van der Waals surface area contributed by atoms with Crippen LogP contribution in [0.5, 0.6) is 0 Å². The van der Waals surface area contributed by atoms with Gasteiger partial charge in [0.2, 0.25) is 5.16 Å². The molecule has 0 aliphatic carbocycles. The van der Waals surface area contributed by atoms with Crippen molar-refractivity contribution >= 4 is 28.4 Å². The zero-order chi connectivity index (χ0) is 20.4. The Morgan fingerprint density at radius 1 is 1.24 bits per heavy atom. The number of benzene rings is 2. The second kappa shape index (κ2) is 7.77. The number of aliphatic hydroxyl groups is 1. The monoisotopic (exact) mass is 403 g/mol. The number of aromatic nitrogens is 6. The molecule has 2 aromatic carbocycles. The number of thioether (sulfide) groups is 1. The Morgan fingerprint density at radius 2 is 2.07 bits per heavy atom. The number of aromatic amines is 1. The number of hydrogen-bond donors (Lipinski definition) is 2. The molecule has 0 spiro atoms. The number of aliphatic hydroxyl groups excluding tert-OH is 1. The number of nitriles is 1. The first-order chi connectivity index (χ1) is 14.1. The average Bonchev–Trinajstić information content (AvgIpc) is 3.33.